The highest BCUT2D eigenvalue weighted by Crippen LogP contribution is 1.97. The molecule has 0 aliphatic heterocycles. The Labute approximate surface area is 85.6 Å². The molecule has 0 aliphatic carbocycles. The van der Waals surface area contributed by atoms with Crippen LogP contribution in [0.1, 0.15) is 39.5 Å². The highest BCUT2D eigenvalue weighted by Gasteiger charge is 2.02. The number of rotatable bonds is 7. The topological polar surface area (TPSA) is 58.6 Å². The maximum absolute atomic E-state index is 11.0. The van der Waals surface area contributed by atoms with E-state index in [9.17, 15) is 4.79 Å². The van der Waals surface area contributed by atoms with Crippen LogP contribution in [0.5, 0.6) is 0 Å². The van der Waals surface area contributed by atoms with Crippen LogP contribution in [0.2, 0.25) is 0 Å². The van der Waals surface area contributed by atoms with E-state index in [1.807, 2.05) is 13.8 Å². The van der Waals surface area contributed by atoms with Gasteiger partial charge in [-0.1, -0.05) is 12.8 Å². The fraction of sp³-hybridized carbons (Fsp3) is 0.900. The molecule has 0 heterocycles. The van der Waals surface area contributed by atoms with Crippen LogP contribution in [0, 0.1) is 0 Å². The van der Waals surface area contributed by atoms with Gasteiger partial charge in [-0.25, -0.2) is 4.79 Å². The number of amides is 1. The maximum Gasteiger partial charge on any atom is 0.407 e. The second kappa shape index (κ2) is 8.81. The minimum Gasteiger partial charge on any atom is -0.447 e. The van der Waals surface area contributed by atoms with Gasteiger partial charge in [0, 0.05) is 13.2 Å². The summed E-state index contributed by atoms with van der Waals surface area (Å²) in [5.74, 6) is 0. The minimum absolute atomic E-state index is 0.0654. The Hall–Kier alpha value is -0.770. The lowest BCUT2D eigenvalue weighted by Gasteiger charge is -2.08. The first-order chi connectivity index (χ1) is 6.66. The highest BCUT2D eigenvalue weighted by molar-refractivity contribution is 5.67. The van der Waals surface area contributed by atoms with Gasteiger partial charge in [0.05, 0.1) is 6.10 Å². The molecule has 84 valence electrons. The van der Waals surface area contributed by atoms with Gasteiger partial charge in [-0.3, -0.25) is 0 Å². The zero-order valence-electron chi connectivity index (χ0n) is 9.08. The largest absolute Gasteiger partial charge is 0.447 e. The standard InChI is InChI=1S/C10H21NO3/c1-9(2)14-10(13)11-7-5-3-4-6-8-12/h9,12H,3-8H2,1-2H3,(H,11,13). The van der Waals surface area contributed by atoms with E-state index in [-0.39, 0.29) is 18.8 Å². The van der Waals surface area contributed by atoms with Gasteiger partial charge in [-0.2, -0.15) is 0 Å². The minimum atomic E-state index is -0.345. The molecule has 0 saturated heterocycles. The highest BCUT2D eigenvalue weighted by atomic mass is 16.6. The fourth-order valence-corrected chi connectivity index (χ4v) is 1.04. The van der Waals surface area contributed by atoms with Gasteiger partial charge in [-0.15, -0.1) is 0 Å². The number of carbonyl (C=O) groups excluding carboxylic acids is 1. The first kappa shape index (κ1) is 13.2. The molecule has 14 heavy (non-hydrogen) atoms. The number of aliphatic hydroxyl groups is 1. The summed E-state index contributed by atoms with van der Waals surface area (Å²) >= 11 is 0. The predicted octanol–water partition coefficient (Wildman–Crippen LogP) is 1.67. The number of ether oxygens (including phenoxy) is 1. The van der Waals surface area contributed by atoms with Crippen molar-refractivity contribution in [2.45, 2.75) is 45.6 Å². The lowest BCUT2D eigenvalue weighted by molar-refractivity contribution is 0.115. The summed E-state index contributed by atoms with van der Waals surface area (Å²) in [6.45, 7) is 4.54. The molecule has 0 aromatic heterocycles. The molecule has 0 bridgehead atoms. The predicted molar refractivity (Wildman–Crippen MR) is 55.2 cm³/mol. The van der Waals surface area contributed by atoms with Crippen LogP contribution in [-0.2, 0) is 4.74 Å². The summed E-state index contributed by atoms with van der Waals surface area (Å²) in [6.07, 6.45) is 3.41. The van der Waals surface area contributed by atoms with Crippen LogP contribution in [0.15, 0.2) is 0 Å². The quantitative estimate of drug-likeness (QED) is 0.619. The fourth-order valence-electron chi connectivity index (χ4n) is 1.04. The average Bonchev–Trinajstić information content (AvgIpc) is 2.10. The van der Waals surface area contributed by atoms with Crippen molar-refractivity contribution in [3.8, 4) is 0 Å². The second-order valence-electron chi connectivity index (χ2n) is 3.52. The van der Waals surface area contributed by atoms with E-state index in [2.05, 4.69) is 5.32 Å². The first-order valence-electron chi connectivity index (χ1n) is 5.22. The molecule has 0 atom stereocenters. The normalized spacial score (nSPS) is 10.3. The van der Waals surface area contributed by atoms with Crippen LogP contribution in [0.4, 0.5) is 4.79 Å². The van der Waals surface area contributed by atoms with Crippen LogP contribution < -0.4 is 5.32 Å². The van der Waals surface area contributed by atoms with Crippen molar-refractivity contribution in [3.05, 3.63) is 0 Å². The Morgan fingerprint density at radius 1 is 1.29 bits per heavy atom. The van der Waals surface area contributed by atoms with Gasteiger partial charge in [-0.05, 0) is 26.7 Å². The lowest BCUT2D eigenvalue weighted by atomic mass is 10.2. The van der Waals surface area contributed by atoms with Crippen molar-refractivity contribution in [1.82, 2.24) is 5.32 Å². The van der Waals surface area contributed by atoms with E-state index in [1.165, 1.54) is 0 Å². The molecule has 0 unspecified atom stereocenters. The van der Waals surface area contributed by atoms with E-state index >= 15 is 0 Å². The van der Waals surface area contributed by atoms with Crippen molar-refractivity contribution >= 4 is 6.09 Å². The molecule has 0 rings (SSSR count). The van der Waals surface area contributed by atoms with Crippen molar-refractivity contribution in [1.29, 1.82) is 0 Å². The Kier molecular flexibility index (Phi) is 8.33. The molecule has 0 radical (unpaired) electrons. The zero-order valence-corrected chi connectivity index (χ0v) is 9.08. The van der Waals surface area contributed by atoms with E-state index in [4.69, 9.17) is 9.84 Å². The summed E-state index contributed by atoms with van der Waals surface area (Å²) in [4.78, 5) is 11.0. The summed E-state index contributed by atoms with van der Waals surface area (Å²) < 4.78 is 4.89. The number of hydrogen-bond acceptors (Lipinski definition) is 3. The van der Waals surface area contributed by atoms with Crippen LogP contribution >= 0.6 is 0 Å². The molecule has 0 aromatic carbocycles. The smallest absolute Gasteiger partial charge is 0.407 e. The Balaban J connectivity index is 3.15. The Morgan fingerprint density at radius 2 is 1.93 bits per heavy atom. The number of alkyl carbamates (subject to hydrolysis) is 1. The first-order valence-corrected chi connectivity index (χ1v) is 5.22. The van der Waals surface area contributed by atoms with E-state index in [1.54, 1.807) is 0 Å². The van der Waals surface area contributed by atoms with Gasteiger partial charge in [0.2, 0.25) is 0 Å². The summed E-state index contributed by atoms with van der Waals surface area (Å²) in [5.41, 5.74) is 0. The van der Waals surface area contributed by atoms with Gasteiger partial charge < -0.3 is 15.2 Å². The molecular weight excluding hydrogens is 182 g/mol. The summed E-state index contributed by atoms with van der Waals surface area (Å²) in [5, 5.41) is 11.2. The molecule has 2 N–H and O–H groups in total. The summed E-state index contributed by atoms with van der Waals surface area (Å²) in [6, 6.07) is 0. The SMILES string of the molecule is CC(C)OC(=O)NCCCCCCO. The molecule has 4 nitrogen and oxygen atoms in total. The third-order valence-corrected chi connectivity index (χ3v) is 1.70. The van der Waals surface area contributed by atoms with Crippen molar-refractivity contribution in [3.63, 3.8) is 0 Å². The van der Waals surface area contributed by atoms with Crippen LogP contribution in [0.25, 0.3) is 0 Å². The zero-order chi connectivity index (χ0) is 10.8. The molecular formula is C10H21NO3. The molecule has 0 aromatic rings. The molecule has 4 heteroatoms. The van der Waals surface area contributed by atoms with E-state index < -0.39 is 0 Å². The Morgan fingerprint density at radius 3 is 2.50 bits per heavy atom. The average molecular weight is 203 g/mol. The van der Waals surface area contributed by atoms with Crippen molar-refractivity contribution in [2.75, 3.05) is 13.2 Å². The number of nitrogens with one attached hydrogen (secondary N) is 1. The number of hydrogen-bond donors (Lipinski definition) is 2. The third kappa shape index (κ3) is 9.32. The van der Waals surface area contributed by atoms with Crippen molar-refractivity contribution < 1.29 is 14.6 Å². The van der Waals surface area contributed by atoms with Crippen LogP contribution in [0.3, 0.4) is 0 Å². The monoisotopic (exact) mass is 203 g/mol. The van der Waals surface area contributed by atoms with Gasteiger partial charge >= 0.3 is 6.09 Å². The van der Waals surface area contributed by atoms with E-state index in [0.717, 1.165) is 25.7 Å². The number of unbranched alkanes of at least 4 members (excludes halogenated alkanes) is 3. The molecule has 1 amide bonds. The summed E-state index contributed by atoms with van der Waals surface area (Å²) in [7, 11) is 0. The second-order valence-corrected chi connectivity index (χ2v) is 3.52. The molecule has 0 spiro atoms. The molecule has 0 saturated carbocycles. The van der Waals surface area contributed by atoms with Gasteiger partial charge in [0.15, 0.2) is 0 Å². The number of carbonyl (C=O) groups is 1. The third-order valence-electron chi connectivity index (χ3n) is 1.70. The molecule has 0 aliphatic rings. The van der Waals surface area contributed by atoms with Crippen LogP contribution in [-0.4, -0.2) is 30.5 Å². The van der Waals surface area contributed by atoms with E-state index in [0.29, 0.717) is 6.54 Å². The number of aliphatic hydroxyl groups excluding tert-OH is 1. The van der Waals surface area contributed by atoms with Gasteiger partial charge in [0.25, 0.3) is 0 Å². The Bertz CT molecular complexity index is 148. The maximum atomic E-state index is 11.0. The van der Waals surface area contributed by atoms with Crippen molar-refractivity contribution in [2.24, 2.45) is 0 Å². The lowest BCUT2D eigenvalue weighted by Crippen LogP contribution is -2.27. The molecule has 0 fully saturated rings. The van der Waals surface area contributed by atoms with Gasteiger partial charge in [0.1, 0.15) is 0 Å².